The summed E-state index contributed by atoms with van der Waals surface area (Å²) in [6.45, 7) is 7.12. The number of nitrogens with one attached hydrogen (secondary N) is 1. The van der Waals surface area contributed by atoms with Crippen LogP contribution in [0, 0.1) is 16.7 Å². The van der Waals surface area contributed by atoms with Gasteiger partial charge in [0.2, 0.25) is 5.91 Å². The summed E-state index contributed by atoms with van der Waals surface area (Å²) < 4.78 is 6.60. The van der Waals surface area contributed by atoms with Gasteiger partial charge in [0.15, 0.2) is 0 Å². The summed E-state index contributed by atoms with van der Waals surface area (Å²) in [5.41, 5.74) is 1.46. The molecule has 3 unspecified atom stereocenters. The molecular weight excluding hydrogens is 402 g/mol. The standard InChI is InChI=1S/C23H28BrNO2/c1-22(2)15-9-10-23(22,3)20(12-15)25-21(26)13-18-17-7-6-16(24)11-14(17)5-8-19(18)27-4/h5-8,11,15,20H,9-10,12-13H2,1-4H3,(H,25,26). The van der Waals surface area contributed by atoms with E-state index in [1.165, 1.54) is 12.8 Å². The second-order valence-electron chi connectivity index (χ2n) is 9.02. The van der Waals surface area contributed by atoms with E-state index in [-0.39, 0.29) is 17.4 Å². The summed E-state index contributed by atoms with van der Waals surface area (Å²) in [4.78, 5) is 13.0. The van der Waals surface area contributed by atoms with Crippen LogP contribution in [0.15, 0.2) is 34.8 Å². The number of amides is 1. The molecule has 2 aromatic carbocycles. The maximum atomic E-state index is 13.0. The lowest BCUT2D eigenvalue weighted by molar-refractivity contribution is -0.122. The van der Waals surface area contributed by atoms with E-state index in [1.54, 1.807) is 7.11 Å². The van der Waals surface area contributed by atoms with E-state index in [0.29, 0.717) is 11.8 Å². The van der Waals surface area contributed by atoms with Gasteiger partial charge in [-0.15, -0.1) is 0 Å². The summed E-state index contributed by atoms with van der Waals surface area (Å²) in [6, 6.07) is 10.4. The van der Waals surface area contributed by atoms with Gasteiger partial charge in [0.25, 0.3) is 0 Å². The first-order chi connectivity index (χ1) is 12.8. The molecule has 1 N–H and O–H groups in total. The lowest BCUT2D eigenvalue weighted by Crippen LogP contribution is -2.47. The summed E-state index contributed by atoms with van der Waals surface area (Å²) >= 11 is 3.53. The van der Waals surface area contributed by atoms with E-state index in [9.17, 15) is 4.79 Å². The van der Waals surface area contributed by atoms with Gasteiger partial charge in [-0.2, -0.15) is 0 Å². The van der Waals surface area contributed by atoms with E-state index in [0.717, 1.165) is 38.9 Å². The molecule has 0 spiro atoms. The third-order valence-corrected chi connectivity index (χ3v) is 8.23. The topological polar surface area (TPSA) is 38.3 Å². The number of ether oxygens (including phenoxy) is 1. The second kappa shape index (κ2) is 6.51. The van der Waals surface area contributed by atoms with Gasteiger partial charge in [0.1, 0.15) is 5.75 Å². The fraction of sp³-hybridized carbons (Fsp3) is 0.522. The molecule has 144 valence electrons. The maximum Gasteiger partial charge on any atom is 0.224 e. The Morgan fingerprint density at radius 1 is 1.26 bits per heavy atom. The van der Waals surface area contributed by atoms with Crippen molar-refractivity contribution in [2.75, 3.05) is 7.11 Å². The normalized spacial score (nSPS) is 28.5. The highest BCUT2D eigenvalue weighted by molar-refractivity contribution is 9.10. The quantitative estimate of drug-likeness (QED) is 0.697. The zero-order valence-electron chi connectivity index (χ0n) is 16.6. The summed E-state index contributed by atoms with van der Waals surface area (Å²) in [6.07, 6.45) is 3.96. The van der Waals surface area contributed by atoms with Gasteiger partial charge in [-0.05, 0) is 65.0 Å². The Balaban J connectivity index is 1.59. The maximum absolute atomic E-state index is 13.0. The number of fused-ring (bicyclic) bond motifs is 3. The Bertz CT molecular complexity index is 907. The van der Waals surface area contributed by atoms with Crippen LogP contribution in [-0.4, -0.2) is 19.1 Å². The number of carbonyl (C=O) groups is 1. The molecule has 3 atom stereocenters. The molecule has 2 fully saturated rings. The minimum atomic E-state index is 0.0956. The van der Waals surface area contributed by atoms with Crippen molar-refractivity contribution in [3.05, 3.63) is 40.4 Å². The minimum absolute atomic E-state index is 0.0956. The molecule has 0 aliphatic heterocycles. The lowest BCUT2D eigenvalue weighted by atomic mass is 9.69. The molecular formula is C23H28BrNO2. The molecule has 2 aliphatic carbocycles. The number of hydrogen-bond donors (Lipinski definition) is 1. The molecule has 0 radical (unpaired) electrons. The summed E-state index contributed by atoms with van der Waals surface area (Å²) in [5.74, 6) is 1.59. The van der Waals surface area contributed by atoms with E-state index in [1.807, 2.05) is 18.2 Å². The molecule has 2 saturated carbocycles. The highest BCUT2D eigenvalue weighted by Crippen LogP contribution is 2.65. The third kappa shape index (κ3) is 2.88. The Morgan fingerprint density at radius 2 is 2.04 bits per heavy atom. The molecule has 4 rings (SSSR count). The van der Waals surface area contributed by atoms with E-state index >= 15 is 0 Å². The van der Waals surface area contributed by atoms with E-state index in [2.05, 4.69) is 54.2 Å². The van der Waals surface area contributed by atoms with Crippen molar-refractivity contribution >= 4 is 32.6 Å². The van der Waals surface area contributed by atoms with Crippen LogP contribution in [-0.2, 0) is 11.2 Å². The van der Waals surface area contributed by atoms with Crippen LogP contribution in [0.5, 0.6) is 5.75 Å². The lowest BCUT2D eigenvalue weighted by Gasteiger charge is -2.39. The largest absolute Gasteiger partial charge is 0.496 e. The molecule has 0 aromatic heterocycles. The highest BCUT2D eigenvalue weighted by Gasteiger charge is 2.61. The van der Waals surface area contributed by atoms with Gasteiger partial charge in [-0.25, -0.2) is 0 Å². The highest BCUT2D eigenvalue weighted by atomic mass is 79.9. The molecule has 4 heteroatoms. The Hall–Kier alpha value is -1.55. The number of hydrogen-bond acceptors (Lipinski definition) is 2. The van der Waals surface area contributed by atoms with Crippen LogP contribution in [0.4, 0.5) is 0 Å². The molecule has 1 amide bonds. The van der Waals surface area contributed by atoms with Crippen molar-refractivity contribution in [3.8, 4) is 5.75 Å². The van der Waals surface area contributed by atoms with Gasteiger partial charge in [-0.1, -0.05) is 48.8 Å². The molecule has 0 saturated heterocycles. The van der Waals surface area contributed by atoms with Crippen LogP contribution >= 0.6 is 15.9 Å². The van der Waals surface area contributed by atoms with Crippen LogP contribution in [0.2, 0.25) is 0 Å². The fourth-order valence-corrected chi connectivity index (χ4v) is 5.93. The predicted octanol–water partition coefficient (Wildman–Crippen LogP) is 5.48. The minimum Gasteiger partial charge on any atom is -0.496 e. The number of benzene rings is 2. The van der Waals surface area contributed by atoms with Crippen LogP contribution in [0.3, 0.4) is 0 Å². The molecule has 0 heterocycles. The number of methoxy groups -OCH3 is 1. The zero-order valence-corrected chi connectivity index (χ0v) is 18.2. The molecule has 2 aromatic rings. The Morgan fingerprint density at radius 3 is 2.67 bits per heavy atom. The van der Waals surface area contributed by atoms with E-state index < -0.39 is 0 Å². The predicted molar refractivity (Wildman–Crippen MR) is 113 cm³/mol. The van der Waals surface area contributed by atoms with Crippen molar-refractivity contribution < 1.29 is 9.53 Å². The average Bonchev–Trinajstić information content (AvgIpc) is 2.95. The van der Waals surface area contributed by atoms with Gasteiger partial charge in [0, 0.05) is 16.1 Å². The monoisotopic (exact) mass is 429 g/mol. The van der Waals surface area contributed by atoms with Crippen molar-refractivity contribution in [2.45, 2.75) is 52.5 Å². The summed E-state index contributed by atoms with van der Waals surface area (Å²) in [5, 5.41) is 5.57. The SMILES string of the molecule is COc1ccc2cc(Br)ccc2c1CC(=O)NC1CC2CCC1(C)C2(C)C. The average molecular weight is 430 g/mol. The van der Waals surface area contributed by atoms with Crippen molar-refractivity contribution in [1.29, 1.82) is 0 Å². The number of carbonyl (C=O) groups excluding carboxylic acids is 1. The first-order valence-electron chi connectivity index (χ1n) is 9.81. The van der Waals surface area contributed by atoms with Gasteiger partial charge < -0.3 is 10.1 Å². The van der Waals surface area contributed by atoms with E-state index in [4.69, 9.17) is 4.74 Å². The first-order valence-corrected chi connectivity index (χ1v) is 10.6. The van der Waals surface area contributed by atoms with Crippen LogP contribution in [0.1, 0.15) is 45.6 Å². The fourth-order valence-electron chi connectivity index (χ4n) is 5.55. The number of halogens is 1. The van der Waals surface area contributed by atoms with Crippen molar-refractivity contribution in [2.24, 2.45) is 16.7 Å². The Kier molecular flexibility index (Phi) is 4.53. The molecule has 3 nitrogen and oxygen atoms in total. The third-order valence-electron chi connectivity index (χ3n) is 7.74. The van der Waals surface area contributed by atoms with Crippen LogP contribution < -0.4 is 10.1 Å². The van der Waals surface area contributed by atoms with Gasteiger partial charge in [-0.3, -0.25) is 4.79 Å². The van der Waals surface area contributed by atoms with Crippen LogP contribution in [0.25, 0.3) is 10.8 Å². The van der Waals surface area contributed by atoms with Gasteiger partial charge >= 0.3 is 0 Å². The first kappa shape index (κ1) is 18.8. The number of rotatable bonds is 4. The Labute approximate surface area is 170 Å². The smallest absolute Gasteiger partial charge is 0.224 e. The van der Waals surface area contributed by atoms with Crippen molar-refractivity contribution in [1.82, 2.24) is 5.32 Å². The molecule has 2 aliphatic rings. The second-order valence-corrected chi connectivity index (χ2v) is 9.93. The van der Waals surface area contributed by atoms with Crippen molar-refractivity contribution in [3.63, 3.8) is 0 Å². The molecule has 27 heavy (non-hydrogen) atoms. The zero-order chi connectivity index (χ0) is 19.4. The molecule has 2 bridgehead atoms. The summed E-state index contributed by atoms with van der Waals surface area (Å²) in [7, 11) is 1.67. The van der Waals surface area contributed by atoms with Gasteiger partial charge in [0.05, 0.1) is 13.5 Å².